The molecule has 0 fully saturated rings. The summed E-state index contributed by atoms with van der Waals surface area (Å²) in [5.74, 6) is -0.491. The van der Waals surface area contributed by atoms with E-state index < -0.39 is 0 Å². The fraction of sp³-hybridized carbons (Fsp3) is 0.0588. The van der Waals surface area contributed by atoms with Crippen LogP contribution >= 0.6 is 15.9 Å². The minimum atomic E-state index is -0.280. The number of rotatable bonds is 4. The molecule has 116 valence electrons. The summed E-state index contributed by atoms with van der Waals surface area (Å²) in [4.78, 5) is 12.2. The summed E-state index contributed by atoms with van der Waals surface area (Å²) in [6, 6.07) is 13.5. The fourth-order valence-corrected chi connectivity index (χ4v) is 2.57. The van der Waals surface area contributed by atoms with Crippen molar-refractivity contribution in [2.75, 3.05) is 5.32 Å². The molecule has 0 saturated heterocycles. The first-order valence-corrected chi connectivity index (χ1v) is 7.73. The molecule has 0 aliphatic carbocycles. The third-order valence-electron chi connectivity index (χ3n) is 3.21. The molecule has 23 heavy (non-hydrogen) atoms. The van der Waals surface area contributed by atoms with Crippen LogP contribution in [0.3, 0.4) is 0 Å². The lowest BCUT2D eigenvalue weighted by Gasteiger charge is -2.03. The quantitative estimate of drug-likeness (QED) is 0.748. The van der Waals surface area contributed by atoms with Crippen molar-refractivity contribution in [2.24, 2.45) is 0 Å². The van der Waals surface area contributed by atoms with Gasteiger partial charge >= 0.3 is 0 Å². The van der Waals surface area contributed by atoms with Gasteiger partial charge in [-0.05, 0) is 35.9 Å². The first-order chi connectivity index (χ1) is 11.1. The van der Waals surface area contributed by atoms with Gasteiger partial charge in [-0.3, -0.25) is 9.48 Å². The van der Waals surface area contributed by atoms with Gasteiger partial charge in [0.1, 0.15) is 5.82 Å². The maximum atomic E-state index is 13.2. The first-order valence-electron chi connectivity index (χ1n) is 6.94. The molecule has 0 radical (unpaired) electrons. The lowest BCUT2D eigenvalue weighted by atomic mass is 10.2. The number of anilines is 1. The van der Waals surface area contributed by atoms with Gasteiger partial charge in [0.15, 0.2) is 0 Å². The number of carbonyl (C=O) groups is 1. The molecule has 0 spiro atoms. The Morgan fingerprint density at radius 3 is 2.83 bits per heavy atom. The Labute approximate surface area is 141 Å². The van der Waals surface area contributed by atoms with Crippen molar-refractivity contribution in [2.45, 2.75) is 6.54 Å². The molecular formula is C17H13BrFN3O. The van der Waals surface area contributed by atoms with E-state index >= 15 is 0 Å². The second kappa shape index (κ2) is 6.75. The summed E-state index contributed by atoms with van der Waals surface area (Å²) >= 11 is 3.34. The van der Waals surface area contributed by atoms with Gasteiger partial charge in [0, 0.05) is 16.2 Å². The van der Waals surface area contributed by atoms with Crippen molar-refractivity contribution in [1.82, 2.24) is 9.78 Å². The minimum absolute atomic E-state index is 0.211. The third kappa shape index (κ3) is 4.04. The van der Waals surface area contributed by atoms with Crippen molar-refractivity contribution in [3.8, 4) is 0 Å². The number of aromatic nitrogens is 2. The van der Waals surface area contributed by atoms with E-state index in [1.807, 2.05) is 12.1 Å². The number of halogens is 2. The van der Waals surface area contributed by atoms with E-state index in [0.717, 1.165) is 10.0 Å². The van der Waals surface area contributed by atoms with E-state index in [9.17, 15) is 9.18 Å². The van der Waals surface area contributed by atoms with E-state index in [0.29, 0.717) is 17.8 Å². The second-order valence-electron chi connectivity index (χ2n) is 5.02. The summed E-state index contributed by atoms with van der Waals surface area (Å²) in [5, 5.41) is 6.96. The van der Waals surface area contributed by atoms with Gasteiger partial charge in [0.2, 0.25) is 0 Å². The Morgan fingerprint density at radius 1 is 1.22 bits per heavy atom. The summed E-state index contributed by atoms with van der Waals surface area (Å²) in [7, 11) is 0. The van der Waals surface area contributed by atoms with Crippen LogP contribution < -0.4 is 5.32 Å². The number of nitrogens with one attached hydrogen (secondary N) is 1. The number of nitrogens with zero attached hydrogens (tertiary/aromatic N) is 2. The molecule has 0 saturated carbocycles. The van der Waals surface area contributed by atoms with Crippen molar-refractivity contribution < 1.29 is 9.18 Å². The van der Waals surface area contributed by atoms with Crippen LogP contribution in [0.4, 0.5) is 10.1 Å². The Kier molecular flexibility index (Phi) is 4.52. The highest BCUT2D eigenvalue weighted by atomic mass is 79.9. The number of hydrogen-bond acceptors (Lipinski definition) is 2. The Balaban J connectivity index is 1.68. The Hall–Kier alpha value is -2.47. The smallest absolute Gasteiger partial charge is 0.255 e. The van der Waals surface area contributed by atoms with Gasteiger partial charge in [-0.15, -0.1) is 0 Å². The normalized spacial score (nSPS) is 10.5. The van der Waals surface area contributed by atoms with Crippen molar-refractivity contribution in [3.63, 3.8) is 0 Å². The number of carbonyl (C=O) groups excluding carboxylic acids is 1. The highest BCUT2D eigenvalue weighted by molar-refractivity contribution is 9.10. The van der Waals surface area contributed by atoms with Crippen LogP contribution in [0.2, 0.25) is 0 Å². The van der Waals surface area contributed by atoms with E-state index in [1.165, 1.54) is 12.1 Å². The molecule has 0 unspecified atom stereocenters. The molecular weight excluding hydrogens is 361 g/mol. The molecule has 0 bridgehead atoms. The fourth-order valence-electron chi connectivity index (χ4n) is 2.17. The van der Waals surface area contributed by atoms with Crippen LogP contribution in [-0.2, 0) is 6.54 Å². The number of hydrogen-bond donors (Lipinski definition) is 1. The zero-order valence-electron chi connectivity index (χ0n) is 12.0. The number of amides is 1. The maximum Gasteiger partial charge on any atom is 0.255 e. The molecule has 0 aliphatic rings. The van der Waals surface area contributed by atoms with Gasteiger partial charge in [0.05, 0.1) is 18.4 Å². The molecule has 0 atom stereocenters. The lowest BCUT2D eigenvalue weighted by molar-refractivity contribution is 0.102. The van der Waals surface area contributed by atoms with Crippen LogP contribution in [0.15, 0.2) is 65.4 Å². The zero-order chi connectivity index (χ0) is 16.2. The lowest BCUT2D eigenvalue weighted by Crippen LogP contribution is -2.11. The first kappa shape index (κ1) is 15.4. The van der Waals surface area contributed by atoms with Crippen molar-refractivity contribution in [3.05, 3.63) is 82.3 Å². The molecule has 3 aromatic rings. The maximum absolute atomic E-state index is 13.2. The second-order valence-corrected chi connectivity index (χ2v) is 5.94. The van der Waals surface area contributed by atoms with Gasteiger partial charge in [-0.1, -0.05) is 34.1 Å². The molecule has 1 N–H and O–H groups in total. The molecule has 0 aliphatic heterocycles. The van der Waals surface area contributed by atoms with Crippen LogP contribution in [0, 0.1) is 5.82 Å². The standard InChI is InChI=1S/C17H13BrFN3O/c18-14-5-2-4-13(8-14)17(23)21-16-9-20-22(11-16)10-12-3-1-6-15(19)7-12/h1-9,11H,10H2,(H,21,23). The van der Waals surface area contributed by atoms with Gasteiger partial charge < -0.3 is 5.32 Å². The molecule has 6 heteroatoms. The van der Waals surface area contributed by atoms with E-state index in [4.69, 9.17) is 0 Å². The van der Waals surface area contributed by atoms with Gasteiger partial charge in [0.25, 0.3) is 5.91 Å². The molecule has 2 aromatic carbocycles. The summed E-state index contributed by atoms with van der Waals surface area (Å²) in [5.41, 5.74) is 1.95. The highest BCUT2D eigenvalue weighted by Crippen LogP contribution is 2.14. The molecule has 1 aromatic heterocycles. The Morgan fingerprint density at radius 2 is 2.04 bits per heavy atom. The van der Waals surface area contributed by atoms with Gasteiger partial charge in [-0.2, -0.15) is 5.10 Å². The van der Waals surface area contributed by atoms with Crippen LogP contribution in [0.5, 0.6) is 0 Å². The third-order valence-corrected chi connectivity index (χ3v) is 3.70. The van der Waals surface area contributed by atoms with Crippen molar-refractivity contribution >= 4 is 27.5 Å². The van der Waals surface area contributed by atoms with Crippen LogP contribution in [0.25, 0.3) is 0 Å². The molecule has 3 rings (SSSR count). The topological polar surface area (TPSA) is 46.9 Å². The molecule has 1 heterocycles. The number of benzene rings is 2. The summed E-state index contributed by atoms with van der Waals surface area (Å²) < 4.78 is 15.7. The predicted molar refractivity (Wildman–Crippen MR) is 89.8 cm³/mol. The predicted octanol–water partition coefficient (Wildman–Crippen LogP) is 4.09. The summed E-state index contributed by atoms with van der Waals surface area (Å²) in [6.45, 7) is 0.435. The molecule has 1 amide bonds. The monoisotopic (exact) mass is 373 g/mol. The average molecular weight is 374 g/mol. The molecule has 4 nitrogen and oxygen atoms in total. The average Bonchev–Trinajstić information content (AvgIpc) is 2.94. The highest BCUT2D eigenvalue weighted by Gasteiger charge is 2.08. The Bertz CT molecular complexity index is 847. The largest absolute Gasteiger partial charge is 0.319 e. The van der Waals surface area contributed by atoms with E-state index in [-0.39, 0.29) is 11.7 Å². The van der Waals surface area contributed by atoms with Crippen LogP contribution in [-0.4, -0.2) is 15.7 Å². The van der Waals surface area contributed by atoms with Crippen molar-refractivity contribution in [1.29, 1.82) is 0 Å². The zero-order valence-corrected chi connectivity index (χ0v) is 13.6. The van der Waals surface area contributed by atoms with E-state index in [1.54, 1.807) is 41.3 Å². The summed E-state index contributed by atoms with van der Waals surface area (Å²) in [6.07, 6.45) is 3.27. The minimum Gasteiger partial charge on any atom is -0.319 e. The van der Waals surface area contributed by atoms with Crippen LogP contribution in [0.1, 0.15) is 15.9 Å². The SMILES string of the molecule is O=C(Nc1cnn(Cc2cccc(F)c2)c1)c1cccc(Br)c1. The van der Waals surface area contributed by atoms with E-state index in [2.05, 4.69) is 26.3 Å². The van der Waals surface area contributed by atoms with Gasteiger partial charge in [-0.25, -0.2) is 4.39 Å².